The smallest absolute Gasteiger partial charge is 0.228 e. The van der Waals surface area contributed by atoms with Crippen molar-refractivity contribution in [1.82, 2.24) is 15.5 Å². The molecule has 0 aliphatic heterocycles. The summed E-state index contributed by atoms with van der Waals surface area (Å²) in [7, 11) is -1.24. The first-order valence-corrected chi connectivity index (χ1v) is 7.54. The van der Waals surface area contributed by atoms with E-state index in [1.54, 1.807) is 0 Å². The number of sulfone groups is 1. The van der Waals surface area contributed by atoms with Crippen LogP contribution in [-0.2, 0) is 22.0 Å². The van der Waals surface area contributed by atoms with Crippen LogP contribution in [0.25, 0.3) is 0 Å². The summed E-state index contributed by atoms with van der Waals surface area (Å²) < 4.78 is 27.2. The van der Waals surface area contributed by atoms with Gasteiger partial charge in [0.15, 0.2) is 15.7 Å². The molecule has 0 bridgehead atoms. The second kappa shape index (κ2) is 5.59. The number of nitrogens with one attached hydrogen (secondary N) is 1. The third-order valence-corrected chi connectivity index (χ3v) is 3.25. The summed E-state index contributed by atoms with van der Waals surface area (Å²) in [5.41, 5.74) is 0. The van der Waals surface area contributed by atoms with Crippen molar-refractivity contribution >= 4 is 9.84 Å². The van der Waals surface area contributed by atoms with Gasteiger partial charge in [-0.1, -0.05) is 19.0 Å². The lowest BCUT2D eigenvalue weighted by Crippen LogP contribution is -2.32. The van der Waals surface area contributed by atoms with Gasteiger partial charge in [-0.3, -0.25) is 0 Å². The Morgan fingerprint density at radius 1 is 1.41 bits per heavy atom. The third kappa shape index (κ3) is 4.82. The van der Waals surface area contributed by atoms with Crippen LogP contribution >= 0.6 is 0 Å². The molecule has 1 heterocycles. The fraction of sp³-hybridized carbons (Fsp3) is 0.800. The van der Waals surface area contributed by atoms with E-state index in [4.69, 9.17) is 4.52 Å². The molecule has 17 heavy (non-hydrogen) atoms. The van der Waals surface area contributed by atoms with Gasteiger partial charge in [-0.15, -0.1) is 0 Å². The van der Waals surface area contributed by atoms with E-state index in [1.165, 1.54) is 0 Å². The Balaban J connectivity index is 2.68. The first-order valence-electron chi connectivity index (χ1n) is 5.48. The quantitative estimate of drug-likeness (QED) is 0.798. The largest absolute Gasteiger partial charge is 0.339 e. The van der Waals surface area contributed by atoms with Crippen molar-refractivity contribution in [2.75, 3.05) is 13.3 Å². The lowest BCUT2D eigenvalue weighted by Gasteiger charge is -2.17. The Hall–Kier alpha value is -0.950. The van der Waals surface area contributed by atoms with Crippen molar-refractivity contribution in [3.05, 3.63) is 11.7 Å². The van der Waals surface area contributed by atoms with Crippen LogP contribution in [0.15, 0.2) is 4.52 Å². The van der Waals surface area contributed by atoms with Gasteiger partial charge < -0.3 is 9.84 Å². The van der Waals surface area contributed by atoms with Gasteiger partial charge in [0, 0.05) is 18.7 Å². The number of likely N-dealkylation sites (N-methyl/N-ethyl adjacent to an activating group) is 1. The van der Waals surface area contributed by atoms with E-state index in [2.05, 4.69) is 29.3 Å². The van der Waals surface area contributed by atoms with E-state index in [9.17, 15) is 8.42 Å². The molecule has 1 rings (SSSR count). The topological polar surface area (TPSA) is 85.1 Å². The van der Waals surface area contributed by atoms with Gasteiger partial charge >= 0.3 is 0 Å². The molecular formula is C10H19N3O3S. The maximum atomic E-state index is 11.1. The second-order valence-electron chi connectivity index (χ2n) is 4.52. The maximum Gasteiger partial charge on any atom is 0.228 e. The molecule has 0 aromatic carbocycles. The SMILES string of the molecule is CNC(Cc1nc(CS(C)(=O)=O)no1)C(C)C. The molecule has 0 radical (unpaired) electrons. The molecule has 0 aliphatic rings. The molecular weight excluding hydrogens is 242 g/mol. The molecule has 1 aromatic rings. The second-order valence-corrected chi connectivity index (χ2v) is 6.66. The van der Waals surface area contributed by atoms with E-state index < -0.39 is 9.84 Å². The summed E-state index contributed by atoms with van der Waals surface area (Å²) in [4.78, 5) is 4.07. The number of hydrogen-bond acceptors (Lipinski definition) is 6. The molecule has 1 N–H and O–H groups in total. The molecule has 1 atom stereocenters. The third-order valence-electron chi connectivity index (χ3n) is 2.47. The first-order chi connectivity index (χ1) is 7.81. The van der Waals surface area contributed by atoms with Gasteiger partial charge in [-0.05, 0) is 13.0 Å². The Bertz CT molecular complexity index is 453. The number of hydrogen-bond donors (Lipinski definition) is 1. The predicted octanol–water partition coefficient (Wildman–Crippen LogP) is 0.401. The van der Waals surface area contributed by atoms with E-state index >= 15 is 0 Å². The highest BCUT2D eigenvalue weighted by Gasteiger charge is 2.17. The van der Waals surface area contributed by atoms with Crippen LogP contribution < -0.4 is 5.32 Å². The van der Waals surface area contributed by atoms with Crippen molar-refractivity contribution in [3.63, 3.8) is 0 Å². The molecule has 0 fully saturated rings. The zero-order valence-electron chi connectivity index (χ0n) is 10.6. The molecule has 0 aliphatic carbocycles. The predicted molar refractivity (Wildman–Crippen MR) is 64.2 cm³/mol. The molecule has 0 saturated carbocycles. The van der Waals surface area contributed by atoms with Gasteiger partial charge in [-0.25, -0.2) is 8.42 Å². The highest BCUT2D eigenvalue weighted by atomic mass is 32.2. The van der Waals surface area contributed by atoms with E-state index in [-0.39, 0.29) is 17.6 Å². The van der Waals surface area contributed by atoms with Crippen LogP contribution in [0, 0.1) is 5.92 Å². The highest BCUT2D eigenvalue weighted by Crippen LogP contribution is 2.09. The minimum Gasteiger partial charge on any atom is -0.339 e. The Morgan fingerprint density at radius 2 is 2.06 bits per heavy atom. The molecule has 98 valence electrons. The average Bonchev–Trinajstić information content (AvgIpc) is 2.58. The first kappa shape index (κ1) is 14.1. The summed E-state index contributed by atoms with van der Waals surface area (Å²) >= 11 is 0. The van der Waals surface area contributed by atoms with Crippen LogP contribution in [0.4, 0.5) is 0 Å². The summed E-state index contributed by atoms with van der Waals surface area (Å²) in [5, 5.41) is 6.82. The minimum atomic E-state index is -3.11. The Labute approximate surface area is 102 Å². The van der Waals surface area contributed by atoms with Gasteiger partial charge in [0.05, 0.1) is 0 Å². The van der Waals surface area contributed by atoms with E-state index in [0.717, 1.165) is 6.26 Å². The number of nitrogens with zero attached hydrogens (tertiary/aromatic N) is 2. The molecule has 0 amide bonds. The summed E-state index contributed by atoms with van der Waals surface area (Å²) in [5.74, 6) is 0.950. The molecule has 6 nitrogen and oxygen atoms in total. The monoisotopic (exact) mass is 261 g/mol. The number of aromatic nitrogens is 2. The van der Waals surface area contributed by atoms with E-state index in [0.29, 0.717) is 18.2 Å². The molecule has 0 spiro atoms. The normalized spacial score (nSPS) is 14.2. The van der Waals surface area contributed by atoms with E-state index in [1.807, 2.05) is 7.05 Å². The summed E-state index contributed by atoms with van der Waals surface area (Å²) in [6.07, 6.45) is 1.75. The zero-order chi connectivity index (χ0) is 13.1. The van der Waals surface area contributed by atoms with Gasteiger partial charge in [0.1, 0.15) is 5.75 Å². The molecule has 1 aromatic heterocycles. The Morgan fingerprint density at radius 3 is 2.53 bits per heavy atom. The van der Waals surface area contributed by atoms with Crippen LogP contribution in [0.2, 0.25) is 0 Å². The van der Waals surface area contributed by atoms with Gasteiger partial charge in [0.2, 0.25) is 5.89 Å². The molecule has 7 heteroatoms. The highest BCUT2D eigenvalue weighted by molar-refractivity contribution is 7.89. The van der Waals surface area contributed by atoms with Crippen LogP contribution in [0.1, 0.15) is 25.6 Å². The van der Waals surface area contributed by atoms with Crippen LogP contribution in [0.3, 0.4) is 0 Å². The van der Waals surface area contributed by atoms with Crippen LogP contribution in [0.5, 0.6) is 0 Å². The fourth-order valence-corrected chi connectivity index (χ4v) is 2.11. The standard InChI is InChI=1S/C10H19N3O3S/c1-7(2)8(11-3)5-10-12-9(13-16-10)6-17(4,14)15/h7-8,11H,5-6H2,1-4H3. The van der Waals surface area contributed by atoms with Crippen molar-refractivity contribution in [2.24, 2.45) is 5.92 Å². The van der Waals surface area contributed by atoms with Crippen molar-refractivity contribution in [1.29, 1.82) is 0 Å². The Kier molecular flexibility index (Phi) is 4.64. The average molecular weight is 261 g/mol. The fourth-order valence-electron chi connectivity index (χ4n) is 1.53. The summed E-state index contributed by atoms with van der Waals surface area (Å²) in [6.45, 7) is 4.18. The van der Waals surface area contributed by atoms with Gasteiger partial charge in [-0.2, -0.15) is 4.98 Å². The lowest BCUT2D eigenvalue weighted by atomic mass is 10.0. The number of rotatable bonds is 6. The van der Waals surface area contributed by atoms with Crippen molar-refractivity contribution < 1.29 is 12.9 Å². The van der Waals surface area contributed by atoms with Crippen LogP contribution in [-0.4, -0.2) is 37.9 Å². The maximum absolute atomic E-state index is 11.1. The molecule has 1 unspecified atom stereocenters. The zero-order valence-corrected chi connectivity index (χ0v) is 11.4. The summed E-state index contributed by atoms with van der Waals surface area (Å²) in [6, 6.07) is 0.238. The lowest BCUT2D eigenvalue weighted by molar-refractivity contribution is 0.333. The van der Waals surface area contributed by atoms with Gasteiger partial charge in [0.25, 0.3) is 0 Å². The minimum absolute atomic E-state index is 0.178. The van der Waals surface area contributed by atoms with Crippen molar-refractivity contribution in [3.8, 4) is 0 Å². The van der Waals surface area contributed by atoms with Crippen molar-refractivity contribution in [2.45, 2.75) is 32.1 Å². The molecule has 0 saturated heterocycles.